The molecule has 166 valence electrons. The molecule has 0 saturated carbocycles. The summed E-state index contributed by atoms with van der Waals surface area (Å²) >= 11 is 0. The number of rotatable bonds is 9. The molecule has 0 fully saturated rings. The Morgan fingerprint density at radius 1 is 1.23 bits per heavy atom. The summed E-state index contributed by atoms with van der Waals surface area (Å²) in [4.78, 5) is 4.38. The molecule has 0 spiro atoms. The van der Waals surface area contributed by atoms with Crippen LogP contribution in [-0.4, -0.2) is 42.0 Å². The van der Waals surface area contributed by atoms with Gasteiger partial charge in [-0.3, -0.25) is 0 Å². The van der Waals surface area contributed by atoms with Gasteiger partial charge in [-0.15, -0.1) is 0 Å². The van der Waals surface area contributed by atoms with Gasteiger partial charge in [0.2, 0.25) is 0 Å². The zero-order chi connectivity index (χ0) is 22.1. The second kappa shape index (κ2) is 10.9. The molecule has 0 bridgehead atoms. The Hall–Kier alpha value is -2.75. The van der Waals surface area contributed by atoms with Gasteiger partial charge in [0, 0.05) is 19.2 Å². The molecule has 3 N–H and O–H groups in total. The van der Waals surface area contributed by atoms with Crippen LogP contribution < -0.4 is 15.4 Å². The van der Waals surface area contributed by atoms with Crippen molar-refractivity contribution in [3.63, 3.8) is 0 Å². The van der Waals surface area contributed by atoms with Gasteiger partial charge in [0.1, 0.15) is 25.0 Å². The van der Waals surface area contributed by atoms with Crippen molar-refractivity contribution in [2.45, 2.75) is 45.5 Å². The van der Waals surface area contributed by atoms with E-state index in [9.17, 15) is 18.3 Å². The monoisotopic (exact) mass is 428 g/mol. The molecule has 10 heteroatoms. The standard InChI is InChI=1S/C20H27F3N4O3/c1-4-24-19(26-11-17-9-18(13(2)3)27-30-17)25-10-15(28)12-29-16-7-5-14(6-8-16)20(21,22)23/h5-9,13,15,28H,4,10-12H2,1-3H3,(H2,24,25,26). The van der Waals surface area contributed by atoms with Crippen LogP contribution in [0.25, 0.3) is 0 Å². The summed E-state index contributed by atoms with van der Waals surface area (Å²) in [6, 6.07) is 6.16. The number of guanidine groups is 1. The smallest absolute Gasteiger partial charge is 0.416 e. The SMILES string of the molecule is CCNC(=NCc1cc(C(C)C)no1)NCC(O)COc1ccc(C(F)(F)F)cc1. The van der Waals surface area contributed by atoms with Gasteiger partial charge in [-0.2, -0.15) is 13.2 Å². The lowest BCUT2D eigenvalue weighted by atomic mass is 10.1. The Morgan fingerprint density at radius 3 is 2.50 bits per heavy atom. The van der Waals surface area contributed by atoms with Crippen molar-refractivity contribution in [3.05, 3.63) is 47.3 Å². The fourth-order valence-electron chi connectivity index (χ4n) is 2.38. The second-order valence-electron chi connectivity index (χ2n) is 6.94. The molecule has 7 nitrogen and oxygen atoms in total. The van der Waals surface area contributed by atoms with E-state index in [0.29, 0.717) is 18.3 Å². The number of alkyl halides is 3. The molecule has 0 amide bonds. The number of benzene rings is 1. The highest BCUT2D eigenvalue weighted by molar-refractivity contribution is 5.79. The summed E-state index contributed by atoms with van der Waals surface area (Å²) in [6.07, 6.45) is -5.29. The number of hydrogen-bond acceptors (Lipinski definition) is 5. The number of nitrogens with one attached hydrogen (secondary N) is 2. The van der Waals surface area contributed by atoms with E-state index in [1.54, 1.807) is 0 Å². The lowest BCUT2D eigenvalue weighted by Gasteiger charge is -2.16. The third-order valence-electron chi connectivity index (χ3n) is 4.04. The van der Waals surface area contributed by atoms with E-state index in [-0.39, 0.29) is 31.4 Å². The van der Waals surface area contributed by atoms with Crippen molar-refractivity contribution in [2.75, 3.05) is 19.7 Å². The van der Waals surface area contributed by atoms with E-state index in [1.807, 2.05) is 26.8 Å². The fraction of sp³-hybridized carbons (Fsp3) is 0.500. The van der Waals surface area contributed by atoms with E-state index in [1.165, 1.54) is 12.1 Å². The minimum Gasteiger partial charge on any atom is -0.491 e. The van der Waals surface area contributed by atoms with Crippen LogP contribution in [0, 0.1) is 0 Å². The molecule has 0 aliphatic carbocycles. The van der Waals surface area contributed by atoms with Crippen molar-refractivity contribution >= 4 is 5.96 Å². The van der Waals surface area contributed by atoms with Gasteiger partial charge in [-0.05, 0) is 37.1 Å². The van der Waals surface area contributed by atoms with Crippen molar-refractivity contribution < 1.29 is 27.5 Å². The van der Waals surface area contributed by atoms with Gasteiger partial charge >= 0.3 is 6.18 Å². The molecule has 0 aliphatic heterocycles. The van der Waals surface area contributed by atoms with Crippen LogP contribution in [0.2, 0.25) is 0 Å². The summed E-state index contributed by atoms with van der Waals surface area (Å²) in [5, 5.41) is 20.1. The molecular formula is C20H27F3N4O3. The molecule has 1 unspecified atom stereocenters. The lowest BCUT2D eigenvalue weighted by Crippen LogP contribution is -2.42. The molecule has 1 heterocycles. The van der Waals surface area contributed by atoms with Crippen LogP contribution in [0.15, 0.2) is 39.8 Å². The molecular weight excluding hydrogens is 401 g/mol. The first-order valence-corrected chi connectivity index (χ1v) is 9.64. The van der Waals surface area contributed by atoms with Gasteiger partial charge in [-0.25, -0.2) is 4.99 Å². The number of aliphatic hydroxyl groups is 1. The summed E-state index contributed by atoms with van der Waals surface area (Å²) in [5.74, 6) is 1.61. The largest absolute Gasteiger partial charge is 0.491 e. The molecule has 1 aromatic heterocycles. The second-order valence-corrected chi connectivity index (χ2v) is 6.94. The maximum atomic E-state index is 12.6. The summed E-state index contributed by atoms with van der Waals surface area (Å²) < 4.78 is 48.3. The van der Waals surface area contributed by atoms with E-state index in [2.05, 4.69) is 20.8 Å². The number of nitrogens with zero attached hydrogens (tertiary/aromatic N) is 2. The molecule has 30 heavy (non-hydrogen) atoms. The van der Waals surface area contributed by atoms with Crippen molar-refractivity contribution in [3.8, 4) is 5.75 Å². The molecule has 0 aliphatic rings. The Labute approximate surface area is 173 Å². The fourth-order valence-corrected chi connectivity index (χ4v) is 2.38. The van der Waals surface area contributed by atoms with Crippen molar-refractivity contribution in [2.24, 2.45) is 4.99 Å². The number of aliphatic hydroxyl groups excluding tert-OH is 1. The number of aliphatic imine (C=N–C) groups is 1. The quantitative estimate of drug-likeness (QED) is 0.419. The predicted molar refractivity (Wildman–Crippen MR) is 106 cm³/mol. The maximum absolute atomic E-state index is 12.6. The zero-order valence-corrected chi connectivity index (χ0v) is 17.2. The maximum Gasteiger partial charge on any atom is 0.416 e. The van der Waals surface area contributed by atoms with E-state index in [0.717, 1.165) is 17.8 Å². The van der Waals surface area contributed by atoms with Crippen LogP contribution in [0.1, 0.15) is 43.7 Å². The zero-order valence-electron chi connectivity index (χ0n) is 17.2. The normalized spacial score (nSPS) is 13.4. The molecule has 1 aromatic carbocycles. The average Bonchev–Trinajstić information content (AvgIpc) is 3.17. The molecule has 2 aromatic rings. The van der Waals surface area contributed by atoms with Crippen molar-refractivity contribution in [1.29, 1.82) is 0 Å². The molecule has 0 radical (unpaired) electrons. The summed E-state index contributed by atoms with van der Waals surface area (Å²) in [6.45, 7) is 6.91. The highest BCUT2D eigenvalue weighted by atomic mass is 19.4. The first-order valence-electron chi connectivity index (χ1n) is 9.64. The van der Waals surface area contributed by atoms with Crippen LogP contribution in [0.4, 0.5) is 13.2 Å². The first kappa shape index (κ1) is 23.5. The van der Waals surface area contributed by atoms with Crippen LogP contribution in [0.5, 0.6) is 5.75 Å². The highest BCUT2D eigenvalue weighted by Gasteiger charge is 2.30. The van der Waals surface area contributed by atoms with Gasteiger partial charge in [0.15, 0.2) is 11.7 Å². The van der Waals surface area contributed by atoms with Gasteiger partial charge in [0.05, 0.1) is 11.3 Å². The van der Waals surface area contributed by atoms with Crippen LogP contribution in [0.3, 0.4) is 0 Å². The number of ether oxygens (including phenoxy) is 1. The molecule has 2 rings (SSSR count). The average molecular weight is 428 g/mol. The molecule has 1 atom stereocenters. The Kier molecular flexibility index (Phi) is 8.52. The van der Waals surface area contributed by atoms with E-state index < -0.39 is 17.8 Å². The Bertz CT molecular complexity index is 804. The van der Waals surface area contributed by atoms with E-state index in [4.69, 9.17) is 9.26 Å². The molecule has 0 saturated heterocycles. The highest BCUT2D eigenvalue weighted by Crippen LogP contribution is 2.30. The number of hydrogen-bond donors (Lipinski definition) is 3. The number of aromatic nitrogens is 1. The van der Waals surface area contributed by atoms with Crippen LogP contribution in [-0.2, 0) is 12.7 Å². The van der Waals surface area contributed by atoms with Gasteiger partial charge < -0.3 is 25.0 Å². The Morgan fingerprint density at radius 2 is 1.93 bits per heavy atom. The third-order valence-corrected chi connectivity index (χ3v) is 4.04. The number of halogens is 3. The third kappa shape index (κ3) is 7.58. The summed E-state index contributed by atoms with van der Waals surface area (Å²) in [7, 11) is 0. The summed E-state index contributed by atoms with van der Waals surface area (Å²) in [5.41, 5.74) is 0.102. The van der Waals surface area contributed by atoms with Crippen molar-refractivity contribution in [1.82, 2.24) is 15.8 Å². The Balaban J connectivity index is 1.81. The first-order chi connectivity index (χ1) is 14.2. The van der Waals surface area contributed by atoms with Gasteiger partial charge in [0.25, 0.3) is 0 Å². The predicted octanol–water partition coefficient (Wildman–Crippen LogP) is 3.31. The van der Waals surface area contributed by atoms with E-state index >= 15 is 0 Å². The minimum absolute atomic E-state index is 0.0857. The van der Waals surface area contributed by atoms with Crippen LogP contribution >= 0.6 is 0 Å². The topological polar surface area (TPSA) is 91.9 Å². The lowest BCUT2D eigenvalue weighted by molar-refractivity contribution is -0.137. The minimum atomic E-state index is -4.40. The van der Waals surface area contributed by atoms with Gasteiger partial charge in [-0.1, -0.05) is 19.0 Å².